The standard InChI is InChI=1S/C43H62ClN3O12S2/c1-25-14-12-15-32(55-11)43(53)24-31(56-40(52)45-43)26(2)38-42(7,59-38)33(23-35(49)47(9)29-21-28(20-25)22-30(54-10)37(29)44)57-39(51)27(3)46(8)34(48)17-19-61-60-18-13-16-36(50)58-41(4,5)6/h12,14-15,21-22,26-27,31-33,38,53H,13,16-20,23-24H2,1-11H3,(H,45,52)/b15-12+,25-14+/t26-,27+,31+,32-,33+,38+,42-,43+/m1/s1. The van der Waals surface area contributed by atoms with E-state index < -0.39 is 71.3 Å². The number of alkyl carbamates (subject to hydrolysis) is 1. The van der Waals surface area contributed by atoms with Gasteiger partial charge in [-0.05, 0) is 72.1 Å². The van der Waals surface area contributed by atoms with Crippen LogP contribution in [0, 0.1) is 5.92 Å². The van der Waals surface area contributed by atoms with Crippen LogP contribution < -0.4 is 15.0 Å². The number of benzene rings is 1. The molecular formula is C43H62ClN3O12S2. The number of amides is 3. The van der Waals surface area contributed by atoms with Gasteiger partial charge in [0.05, 0.1) is 25.3 Å². The number of likely N-dealkylation sites (N-methyl/N-ethyl adjacent to an activating group) is 1. The summed E-state index contributed by atoms with van der Waals surface area (Å²) >= 11 is 6.79. The highest BCUT2D eigenvalue weighted by atomic mass is 35.5. The Balaban J connectivity index is 1.55. The van der Waals surface area contributed by atoms with Crippen LogP contribution in [0.2, 0.25) is 5.02 Å². The Kier molecular flexibility index (Phi) is 17.5. The predicted octanol–water partition coefficient (Wildman–Crippen LogP) is 6.41. The summed E-state index contributed by atoms with van der Waals surface area (Å²) in [5.74, 6) is -0.710. The largest absolute Gasteiger partial charge is 0.495 e. The smallest absolute Gasteiger partial charge is 0.409 e. The van der Waals surface area contributed by atoms with Crippen LogP contribution in [0.15, 0.2) is 35.9 Å². The van der Waals surface area contributed by atoms with Crippen molar-refractivity contribution in [2.75, 3.05) is 44.7 Å². The molecule has 0 aliphatic carbocycles. The number of hydrogen-bond donors (Lipinski definition) is 2. The van der Waals surface area contributed by atoms with Crippen molar-refractivity contribution in [3.05, 3.63) is 46.5 Å². The molecule has 2 saturated heterocycles. The van der Waals surface area contributed by atoms with Crippen LogP contribution in [0.4, 0.5) is 10.5 Å². The number of nitrogens with zero attached hydrogens (tertiary/aromatic N) is 2. The molecule has 1 aromatic carbocycles. The Morgan fingerprint density at radius 2 is 1.84 bits per heavy atom. The first-order valence-electron chi connectivity index (χ1n) is 20.3. The SMILES string of the molecule is COc1cc2cc(c1Cl)N(C)C(=O)C[C@H](OC(=O)[C@H](C)N(C)C(=O)CCSSCCCC(=O)OC(C)(C)C)[C@@]1(C)O[C@H]1[C@H](C)[C@@H]1C[C@@](O)(NC(=O)O1)[C@H](OC)/C=C/C=C(\C)C2. The number of fused-ring (bicyclic) bond motifs is 5. The molecule has 3 aliphatic heterocycles. The average Bonchev–Trinajstić information content (AvgIpc) is 3.88. The molecule has 3 amide bonds. The number of aliphatic hydroxyl groups is 1. The van der Waals surface area contributed by atoms with Crippen molar-refractivity contribution >= 4 is 68.7 Å². The third-order valence-corrected chi connectivity index (χ3v) is 13.9. The summed E-state index contributed by atoms with van der Waals surface area (Å²) in [7, 11) is 9.06. The Hall–Kier alpha value is -3.48. The maximum atomic E-state index is 14.2. The Morgan fingerprint density at radius 1 is 1.15 bits per heavy atom. The summed E-state index contributed by atoms with van der Waals surface area (Å²) in [6, 6.07) is 2.56. The quantitative estimate of drug-likeness (QED) is 0.0728. The zero-order valence-corrected chi connectivity index (χ0v) is 39.4. The summed E-state index contributed by atoms with van der Waals surface area (Å²) in [5, 5.41) is 14.5. The first kappa shape index (κ1) is 50.2. The lowest BCUT2D eigenvalue weighted by Gasteiger charge is -2.42. The number of halogens is 1. The van der Waals surface area contributed by atoms with Gasteiger partial charge in [-0.15, -0.1) is 0 Å². The van der Waals surface area contributed by atoms with E-state index in [1.54, 1.807) is 62.9 Å². The lowest BCUT2D eigenvalue weighted by molar-refractivity contribution is -0.162. The normalized spacial score (nSPS) is 28.8. The fourth-order valence-electron chi connectivity index (χ4n) is 7.31. The third kappa shape index (κ3) is 13.3. The van der Waals surface area contributed by atoms with Crippen molar-refractivity contribution in [2.24, 2.45) is 5.92 Å². The minimum atomic E-state index is -1.84. The molecule has 8 atom stereocenters. The van der Waals surface area contributed by atoms with Gasteiger partial charge in [-0.1, -0.05) is 63.9 Å². The van der Waals surface area contributed by atoms with Gasteiger partial charge in [-0.3, -0.25) is 19.7 Å². The van der Waals surface area contributed by atoms with Crippen LogP contribution in [-0.2, 0) is 49.3 Å². The van der Waals surface area contributed by atoms with E-state index in [1.807, 2.05) is 33.8 Å². The molecule has 0 spiro atoms. The van der Waals surface area contributed by atoms with Crippen LogP contribution in [0.3, 0.4) is 0 Å². The highest BCUT2D eigenvalue weighted by molar-refractivity contribution is 8.76. The number of carbonyl (C=O) groups is 5. The molecule has 3 heterocycles. The van der Waals surface area contributed by atoms with Gasteiger partial charge in [-0.25, -0.2) is 9.59 Å². The van der Waals surface area contributed by atoms with Gasteiger partial charge in [0, 0.05) is 57.9 Å². The third-order valence-electron chi connectivity index (χ3n) is 11.0. The maximum Gasteiger partial charge on any atom is 0.409 e. The number of methoxy groups -OCH3 is 2. The van der Waals surface area contributed by atoms with E-state index in [9.17, 15) is 29.1 Å². The molecule has 4 rings (SSSR count). The molecule has 0 saturated carbocycles. The van der Waals surface area contributed by atoms with E-state index in [0.29, 0.717) is 42.2 Å². The first-order chi connectivity index (χ1) is 28.5. The minimum Gasteiger partial charge on any atom is -0.495 e. The van der Waals surface area contributed by atoms with Crippen molar-refractivity contribution in [3.63, 3.8) is 0 Å². The zero-order chi connectivity index (χ0) is 45.4. The number of epoxide rings is 1. The van der Waals surface area contributed by atoms with Gasteiger partial charge < -0.3 is 43.3 Å². The average molecular weight is 913 g/mol. The molecule has 1 aromatic rings. The summed E-state index contributed by atoms with van der Waals surface area (Å²) in [5.41, 5.74) is -1.52. The second-order valence-electron chi connectivity index (χ2n) is 17.0. The van der Waals surface area contributed by atoms with Gasteiger partial charge in [0.1, 0.15) is 46.3 Å². The van der Waals surface area contributed by atoms with E-state index in [2.05, 4.69) is 5.32 Å². The number of hydrogen-bond acceptors (Lipinski definition) is 14. The fourth-order valence-corrected chi connectivity index (χ4v) is 9.69. The van der Waals surface area contributed by atoms with E-state index in [1.165, 1.54) is 41.9 Å². The van der Waals surface area contributed by atoms with Gasteiger partial charge in [-0.2, -0.15) is 0 Å². The second kappa shape index (κ2) is 21.3. The van der Waals surface area contributed by atoms with E-state index >= 15 is 0 Å². The van der Waals surface area contributed by atoms with Crippen molar-refractivity contribution in [1.29, 1.82) is 0 Å². The van der Waals surface area contributed by atoms with Gasteiger partial charge in [0.15, 0.2) is 5.72 Å². The van der Waals surface area contributed by atoms with Crippen molar-refractivity contribution < 1.29 is 57.5 Å². The number of esters is 2. The molecule has 340 valence electrons. The maximum absolute atomic E-state index is 14.2. The van der Waals surface area contributed by atoms with Crippen LogP contribution in [-0.4, -0.2) is 127 Å². The van der Waals surface area contributed by atoms with E-state index in [0.717, 1.165) is 11.1 Å². The highest BCUT2D eigenvalue weighted by Crippen LogP contribution is 2.49. The lowest BCUT2D eigenvalue weighted by Crippen LogP contribution is -2.63. The van der Waals surface area contributed by atoms with Crippen LogP contribution in [0.5, 0.6) is 5.75 Å². The number of rotatable bonds is 13. The number of anilines is 1. The van der Waals surface area contributed by atoms with Crippen molar-refractivity contribution in [3.8, 4) is 5.75 Å². The van der Waals surface area contributed by atoms with Gasteiger partial charge in [0.25, 0.3) is 0 Å². The number of nitrogens with one attached hydrogen (secondary N) is 1. The van der Waals surface area contributed by atoms with Crippen LogP contribution in [0.1, 0.15) is 86.1 Å². The molecule has 4 bridgehead atoms. The topological polar surface area (TPSA) is 183 Å². The highest BCUT2D eigenvalue weighted by Gasteiger charge is 2.64. The Morgan fingerprint density at radius 3 is 2.49 bits per heavy atom. The summed E-state index contributed by atoms with van der Waals surface area (Å²) in [4.78, 5) is 69.0. The molecular weight excluding hydrogens is 850 g/mol. The fraction of sp³-hybridized carbons (Fsp3) is 0.651. The zero-order valence-electron chi connectivity index (χ0n) is 37.0. The molecule has 3 aliphatic rings. The molecule has 0 aromatic heterocycles. The number of ether oxygens (including phenoxy) is 6. The van der Waals surface area contributed by atoms with Crippen molar-refractivity contribution in [1.82, 2.24) is 10.2 Å². The number of carbonyl (C=O) groups excluding carboxylic acids is 5. The minimum absolute atomic E-state index is 0.0650. The van der Waals surface area contributed by atoms with E-state index in [4.69, 9.17) is 40.0 Å². The lowest BCUT2D eigenvalue weighted by atomic mass is 9.83. The molecule has 15 nitrogen and oxygen atoms in total. The number of allylic oxidation sites excluding steroid dienone is 3. The molecule has 61 heavy (non-hydrogen) atoms. The Bertz CT molecular complexity index is 1840. The monoisotopic (exact) mass is 911 g/mol. The van der Waals surface area contributed by atoms with Crippen LogP contribution >= 0.6 is 33.2 Å². The summed E-state index contributed by atoms with van der Waals surface area (Å²) in [6.45, 7) is 12.5. The Labute approximate surface area is 372 Å². The molecule has 2 fully saturated rings. The molecule has 0 radical (unpaired) electrons. The van der Waals surface area contributed by atoms with Crippen LogP contribution in [0.25, 0.3) is 0 Å². The molecule has 18 heteroatoms. The molecule has 0 unspecified atom stereocenters. The van der Waals surface area contributed by atoms with Gasteiger partial charge >= 0.3 is 18.0 Å². The second-order valence-corrected chi connectivity index (χ2v) is 20.1. The summed E-state index contributed by atoms with van der Waals surface area (Å²) < 4.78 is 34.7. The van der Waals surface area contributed by atoms with E-state index in [-0.39, 0.29) is 36.2 Å². The first-order valence-corrected chi connectivity index (χ1v) is 23.2. The van der Waals surface area contributed by atoms with Crippen molar-refractivity contribution in [2.45, 2.75) is 134 Å². The van der Waals surface area contributed by atoms with Gasteiger partial charge in [0.2, 0.25) is 11.8 Å². The summed E-state index contributed by atoms with van der Waals surface area (Å²) in [6.07, 6.45) is 1.90. The molecule has 2 N–H and O–H groups in total. The predicted molar refractivity (Wildman–Crippen MR) is 236 cm³/mol.